The Bertz CT molecular complexity index is 860. The van der Waals surface area contributed by atoms with Crippen molar-refractivity contribution >= 4 is 11.9 Å². The van der Waals surface area contributed by atoms with Gasteiger partial charge in [-0.05, 0) is 31.4 Å². The van der Waals surface area contributed by atoms with Gasteiger partial charge in [0.2, 0.25) is 5.89 Å². The van der Waals surface area contributed by atoms with Gasteiger partial charge in [0.25, 0.3) is 5.91 Å². The third kappa shape index (κ3) is 2.65. The Morgan fingerprint density at radius 2 is 2.04 bits per heavy atom. The molecule has 136 valence electrons. The van der Waals surface area contributed by atoms with Crippen LogP contribution in [-0.4, -0.2) is 32.5 Å². The summed E-state index contributed by atoms with van der Waals surface area (Å²) in [6.45, 7) is 1.67. The number of rotatable bonds is 4. The van der Waals surface area contributed by atoms with Crippen LogP contribution in [0.1, 0.15) is 55.9 Å². The second-order valence-corrected chi connectivity index (χ2v) is 6.89. The zero-order valence-corrected chi connectivity index (χ0v) is 14.4. The molecule has 1 aliphatic heterocycles. The summed E-state index contributed by atoms with van der Waals surface area (Å²) in [7, 11) is 0. The lowest BCUT2D eigenvalue weighted by Gasteiger charge is -2.22. The maximum Gasteiger partial charge on any atom is 0.325 e. The van der Waals surface area contributed by atoms with Crippen molar-refractivity contribution in [3.63, 3.8) is 0 Å². The molecule has 1 aromatic heterocycles. The summed E-state index contributed by atoms with van der Waals surface area (Å²) in [5.74, 6) is -0.111. The monoisotopic (exact) mass is 358 g/mol. The summed E-state index contributed by atoms with van der Waals surface area (Å²) in [6, 6.07) is 5.25. The van der Waals surface area contributed by atoms with Gasteiger partial charge in [-0.2, -0.15) is 4.98 Å². The molecule has 1 N–H and O–H groups in total. The minimum atomic E-state index is -0.776. The summed E-state index contributed by atoms with van der Waals surface area (Å²) in [5.41, 5.74) is -0.325. The maximum atomic E-state index is 13.8. The molecule has 7 nitrogen and oxygen atoms in total. The molecular weight excluding hydrogens is 339 g/mol. The highest BCUT2D eigenvalue weighted by Crippen LogP contribution is 2.38. The van der Waals surface area contributed by atoms with E-state index in [0.29, 0.717) is 24.2 Å². The van der Waals surface area contributed by atoms with Crippen LogP contribution >= 0.6 is 0 Å². The Morgan fingerprint density at radius 1 is 1.31 bits per heavy atom. The number of halogens is 1. The molecule has 1 atom stereocenters. The Morgan fingerprint density at radius 3 is 2.77 bits per heavy atom. The highest BCUT2D eigenvalue weighted by Gasteiger charge is 2.54. The number of urea groups is 1. The minimum absolute atomic E-state index is 0.162. The molecule has 1 saturated carbocycles. The topological polar surface area (TPSA) is 88.3 Å². The number of nitrogens with one attached hydrogen (secondary N) is 1. The fourth-order valence-corrected chi connectivity index (χ4v) is 3.74. The SMILES string of the molecule is CC(c1nc(Cc2ccccc2F)no1)N1C(=O)NC2(CCCC2)C1=O. The molecule has 2 aromatic rings. The summed E-state index contributed by atoms with van der Waals surface area (Å²) in [4.78, 5) is 30.6. The van der Waals surface area contributed by atoms with E-state index in [1.807, 2.05) is 0 Å². The van der Waals surface area contributed by atoms with Crippen LogP contribution in [0.25, 0.3) is 0 Å². The van der Waals surface area contributed by atoms with Crippen LogP contribution in [0.5, 0.6) is 0 Å². The number of hydrogen-bond acceptors (Lipinski definition) is 5. The van der Waals surface area contributed by atoms with Crippen molar-refractivity contribution in [1.29, 1.82) is 0 Å². The minimum Gasteiger partial charge on any atom is -0.337 e. The van der Waals surface area contributed by atoms with Crippen LogP contribution < -0.4 is 5.32 Å². The van der Waals surface area contributed by atoms with Crippen molar-refractivity contribution in [2.75, 3.05) is 0 Å². The third-order valence-corrected chi connectivity index (χ3v) is 5.19. The first-order valence-electron chi connectivity index (χ1n) is 8.72. The molecule has 1 aromatic carbocycles. The van der Waals surface area contributed by atoms with Crippen LogP contribution in [0.15, 0.2) is 28.8 Å². The number of benzene rings is 1. The smallest absolute Gasteiger partial charge is 0.325 e. The number of imide groups is 1. The van der Waals surface area contributed by atoms with Crippen molar-refractivity contribution in [2.24, 2.45) is 0 Å². The van der Waals surface area contributed by atoms with Crippen LogP contribution in [0.4, 0.5) is 9.18 Å². The third-order valence-electron chi connectivity index (χ3n) is 5.19. The predicted molar refractivity (Wildman–Crippen MR) is 88.5 cm³/mol. The van der Waals surface area contributed by atoms with Gasteiger partial charge in [-0.25, -0.2) is 14.1 Å². The average Bonchev–Trinajstić information content (AvgIpc) is 3.32. The number of amides is 3. The second-order valence-electron chi connectivity index (χ2n) is 6.89. The lowest BCUT2D eigenvalue weighted by molar-refractivity contribution is -0.132. The molecule has 0 bridgehead atoms. The molecule has 1 unspecified atom stereocenters. The molecule has 1 saturated heterocycles. The van der Waals surface area contributed by atoms with Crippen LogP contribution in [0, 0.1) is 5.82 Å². The number of carbonyl (C=O) groups is 2. The fourth-order valence-electron chi connectivity index (χ4n) is 3.74. The Kier molecular flexibility index (Phi) is 3.97. The van der Waals surface area contributed by atoms with Gasteiger partial charge in [-0.3, -0.25) is 4.79 Å². The van der Waals surface area contributed by atoms with Gasteiger partial charge in [0.1, 0.15) is 17.4 Å². The van der Waals surface area contributed by atoms with Crippen molar-refractivity contribution in [3.05, 3.63) is 47.4 Å². The zero-order valence-electron chi connectivity index (χ0n) is 14.4. The molecule has 0 radical (unpaired) electrons. The van der Waals surface area contributed by atoms with E-state index in [1.54, 1.807) is 25.1 Å². The Hall–Kier alpha value is -2.77. The number of aromatic nitrogens is 2. The van der Waals surface area contributed by atoms with Gasteiger partial charge >= 0.3 is 6.03 Å². The molecule has 1 aliphatic carbocycles. The summed E-state index contributed by atoms with van der Waals surface area (Å²) in [6.07, 6.45) is 3.32. The maximum absolute atomic E-state index is 13.8. The van der Waals surface area contributed by atoms with E-state index < -0.39 is 17.6 Å². The van der Waals surface area contributed by atoms with E-state index in [1.165, 1.54) is 6.07 Å². The van der Waals surface area contributed by atoms with Gasteiger partial charge in [-0.1, -0.05) is 36.2 Å². The van der Waals surface area contributed by atoms with E-state index >= 15 is 0 Å². The van der Waals surface area contributed by atoms with Crippen molar-refractivity contribution in [3.8, 4) is 0 Å². The first kappa shape index (κ1) is 16.7. The van der Waals surface area contributed by atoms with Gasteiger partial charge < -0.3 is 9.84 Å². The summed E-state index contributed by atoms with van der Waals surface area (Å²) >= 11 is 0. The van der Waals surface area contributed by atoms with E-state index in [4.69, 9.17) is 4.52 Å². The standard InChI is InChI=1S/C18H19FN4O3/c1-11(23-16(24)18(21-17(23)25)8-4-5-9-18)15-20-14(22-26-15)10-12-6-2-3-7-13(12)19/h2-3,6-7,11H,4-5,8-10H2,1H3,(H,21,25). The van der Waals surface area contributed by atoms with Crippen LogP contribution in [-0.2, 0) is 11.2 Å². The number of carbonyl (C=O) groups excluding carboxylic acids is 2. The van der Waals surface area contributed by atoms with Crippen molar-refractivity contribution in [2.45, 2.75) is 50.6 Å². The largest absolute Gasteiger partial charge is 0.337 e. The first-order valence-corrected chi connectivity index (χ1v) is 8.72. The number of nitrogens with zero attached hydrogens (tertiary/aromatic N) is 3. The normalized spacial score (nSPS) is 20.0. The highest BCUT2D eigenvalue weighted by molar-refractivity contribution is 6.07. The molecule has 26 heavy (non-hydrogen) atoms. The van der Waals surface area contributed by atoms with Crippen molar-refractivity contribution in [1.82, 2.24) is 20.4 Å². The van der Waals surface area contributed by atoms with Crippen LogP contribution in [0.2, 0.25) is 0 Å². The fraction of sp³-hybridized carbons (Fsp3) is 0.444. The zero-order chi connectivity index (χ0) is 18.3. The van der Waals surface area contributed by atoms with Gasteiger partial charge in [0, 0.05) is 6.42 Å². The highest BCUT2D eigenvalue weighted by atomic mass is 19.1. The van der Waals surface area contributed by atoms with E-state index in [-0.39, 0.29) is 24.0 Å². The average molecular weight is 358 g/mol. The first-order chi connectivity index (χ1) is 12.5. The molecule has 2 heterocycles. The molecular formula is C18H19FN4O3. The Balaban J connectivity index is 1.53. The van der Waals surface area contributed by atoms with Gasteiger partial charge in [0.05, 0.1) is 0 Å². The van der Waals surface area contributed by atoms with Crippen LogP contribution in [0.3, 0.4) is 0 Å². The quantitative estimate of drug-likeness (QED) is 0.849. The molecule has 2 fully saturated rings. The second kappa shape index (κ2) is 6.19. The van der Waals surface area contributed by atoms with Gasteiger partial charge in [-0.15, -0.1) is 0 Å². The predicted octanol–water partition coefficient (Wildman–Crippen LogP) is 2.73. The van der Waals surface area contributed by atoms with E-state index in [2.05, 4.69) is 15.5 Å². The molecule has 8 heteroatoms. The molecule has 2 aliphatic rings. The number of hydrogen-bond donors (Lipinski definition) is 1. The molecule has 4 rings (SSSR count). The molecule has 1 spiro atoms. The lowest BCUT2D eigenvalue weighted by Crippen LogP contribution is -2.44. The Labute approximate surface area is 149 Å². The summed E-state index contributed by atoms with van der Waals surface area (Å²) < 4.78 is 19.0. The van der Waals surface area contributed by atoms with E-state index in [0.717, 1.165) is 17.7 Å². The lowest BCUT2D eigenvalue weighted by atomic mass is 9.98. The van der Waals surface area contributed by atoms with Crippen molar-refractivity contribution < 1.29 is 18.5 Å². The van der Waals surface area contributed by atoms with E-state index in [9.17, 15) is 14.0 Å². The summed E-state index contributed by atoms with van der Waals surface area (Å²) in [5, 5.41) is 6.69. The molecule has 3 amide bonds. The van der Waals surface area contributed by atoms with Gasteiger partial charge in [0.15, 0.2) is 5.82 Å².